The summed E-state index contributed by atoms with van der Waals surface area (Å²) in [6.45, 7) is 1.27. The van der Waals surface area contributed by atoms with Gasteiger partial charge in [-0.2, -0.15) is 10.4 Å². The number of rotatable bonds is 3. The van der Waals surface area contributed by atoms with Gasteiger partial charge in [0.2, 0.25) is 5.71 Å². The Hall–Kier alpha value is -1.86. The third-order valence-corrected chi connectivity index (χ3v) is 1.93. The first-order chi connectivity index (χ1) is 7.15. The zero-order valence-electron chi connectivity index (χ0n) is 7.99. The number of nitrogens with zero attached hydrogens (tertiary/aromatic N) is 2. The van der Waals surface area contributed by atoms with Crippen LogP contribution in [0.2, 0.25) is 5.02 Å². The SMILES string of the molecule is CC(=O)C(C#N)=NNc1ccccc1Cl. The third kappa shape index (κ3) is 3.08. The van der Waals surface area contributed by atoms with E-state index in [1.165, 1.54) is 6.92 Å². The molecule has 0 aliphatic heterocycles. The summed E-state index contributed by atoms with van der Waals surface area (Å²) in [5, 5.41) is 12.7. The van der Waals surface area contributed by atoms with Crippen molar-refractivity contribution in [2.24, 2.45) is 5.10 Å². The van der Waals surface area contributed by atoms with Gasteiger partial charge in [-0.15, -0.1) is 0 Å². The number of carbonyl (C=O) groups excluding carboxylic acids is 1. The fourth-order valence-corrected chi connectivity index (χ4v) is 1.03. The number of para-hydroxylation sites is 1. The molecule has 1 N–H and O–H groups in total. The van der Waals surface area contributed by atoms with Crippen LogP contribution in [0, 0.1) is 11.3 Å². The summed E-state index contributed by atoms with van der Waals surface area (Å²) in [6.07, 6.45) is 0. The predicted octanol–water partition coefficient (Wildman–Crippen LogP) is 2.22. The lowest BCUT2D eigenvalue weighted by Crippen LogP contribution is -2.09. The van der Waals surface area contributed by atoms with Gasteiger partial charge in [0, 0.05) is 6.92 Å². The molecule has 0 spiro atoms. The molecular weight excluding hydrogens is 214 g/mol. The van der Waals surface area contributed by atoms with Gasteiger partial charge < -0.3 is 0 Å². The van der Waals surface area contributed by atoms with Crippen LogP contribution in [0.1, 0.15) is 6.92 Å². The van der Waals surface area contributed by atoms with Gasteiger partial charge in [-0.1, -0.05) is 23.7 Å². The van der Waals surface area contributed by atoms with Crippen molar-refractivity contribution in [2.75, 3.05) is 5.43 Å². The van der Waals surface area contributed by atoms with Crippen LogP contribution < -0.4 is 5.43 Å². The molecule has 0 bridgehead atoms. The molecule has 76 valence electrons. The topological polar surface area (TPSA) is 65.2 Å². The summed E-state index contributed by atoms with van der Waals surface area (Å²) in [4.78, 5) is 10.9. The minimum Gasteiger partial charge on any atom is -0.292 e. The van der Waals surface area contributed by atoms with Crippen LogP contribution in [0.15, 0.2) is 29.4 Å². The minimum absolute atomic E-state index is 0.185. The molecule has 0 atom stereocenters. The first-order valence-corrected chi connectivity index (χ1v) is 4.52. The zero-order chi connectivity index (χ0) is 11.3. The molecule has 0 saturated heterocycles. The molecule has 0 aromatic heterocycles. The van der Waals surface area contributed by atoms with Crippen LogP contribution in [0.4, 0.5) is 5.69 Å². The third-order valence-electron chi connectivity index (χ3n) is 1.60. The Morgan fingerprint density at radius 3 is 2.73 bits per heavy atom. The maximum atomic E-state index is 10.9. The van der Waals surface area contributed by atoms with Crippen molar-refractivity contribution in [1.82, 2.24) is 0 Å². The van der Waals surface area contributed by atoms with Crippen molar-refractivity contribution < 1.29 is 4.79 Å². The van der Waals surface area contributed by atoms with E-state index in [9.17, 15) is 4.79 Å². The molecule has 15 heavy (non-hydrogen) atoms. The van der Waals surface area contributed by atoms with E-state index in [2.05, 4.69) is 10.5 Å². The quantitative estimate of drug-likeness (QED) is 0.629. The Morgan fingerprint density at radius 1 is 1.53 bits per heavy atom. The van der Waals surface area contributed by atoms with Crippen LogP contribution >= 0.6 is 11.6 Å². The van der Waals surface area contributed by atoms with E-state index in [4.69, 9.17) is 16.9 Å². The molecule has 1 aromatic rings. The van der Waals surface area contributed by atoms with Crippen molar-refractivity contribution >= 4 is 28.8 Å². The molecule has 4 nitrogen and oxygen atoms in total. The van der Waals surface area contributed by atoms with Crippen LogP contribution in [-0.2, 0) is 4.79 Å². The van der Waals surface area contributed by atoms with E-state index in [1.54, 1.807) is 30.3 Å². The molecule has 0 fully saturated rings. The van der Waals surface area contributed by atoms with Gasteiger partial charge in [-0.3, -0.25) is 10.2 Å². The van der Waals surface area contributed by atoms with E-state index in [1.807, 2.05) is 0 Å². The van der Waals surface area contributed by atoms with E-state index in [-0.39, 0.29) is 5.71 Å². The van der Waals surface area contributed by atoms with Gasteiger partial charge in [0.05, 0.1) is 10.7 Å². The summed E-state index contributed by atoms with van der Waals surface area (Å²) in [7, 11) is 0. The number of halogens is 1. The number of hydrazone groups is 1. The Labute approximate surface area is 92.2 Å². The largest absolute Gasteiger partial charge is 0.292 e. The number of hydrogen-bond donors (Lipinski definition) is 1. The highest BCUT2D eigenvalue weighted by Crippen LogP contribution is 2.20. The second-order valence-electron chi connectivity index (χ2n) is 2.72. The monoisotopic (exact) mass is 221 g/mol. The molecule has 0 heterocycles. The maximum Gasteiger partial charge on any atom is 0.203 e. The second-order valence-corrected chi connectivity index (χ2v) is 3.13. The summed E-state index contributed by atoms with van der Waals surface area (Å²) in [6, 6.07) is 8.60. The number of hydrogen-bond acceptors (Lipinski definition) is 4. The number of carbonyl (C=O) groups is 1. The number of ketones is 1. The van der Waals surface area contributed by atoms with E-state index in [0.29, 0.717) is 10.7 Å². The van der Waals surface area contributed by atoms with Crippen molar-refractivity contribution in [3.05, 3.63) is 29.3 Å². The lowest BCUT2D eigenvalue weighted by Gasteiger charge is -2.01. The standard InChI is InChI=1S/C10H8ClN3O/c1-7(15)10(6-12)14-13-9-5-3-2-4-8(9)11/h2-5,13H,1H3. The van der Waals surface area contributed by atoms with Gasteiger partial charge in [-0.25, -0.2) is 0 Å². The summed E-state index contributed by atoms with van der Waals surface area (Å²) in [5.74, 6) is -0.392. The first kappa shape index (κ1) is 11.2. The summed E-state index contributed by atoms with van der Waals surface area (Å²) in [5.41, 5.74) is 2.92. The molecule has 1 rings (SSSR count). The van der Waals surface area contributed by atoms with E-state index >= 15 is 0 Å². The summed E-state index contributed by atoms with van der Waals surface area (Å²) < 4.78 is 0. The van der Waals surface area contributed by atoms with Crippen LogP contribution in [0.25, 0.3) is 0 Å². The fourth-order valence-electron chi connectivity index (χ4n) is 0.850. The van der Waals surface area contributed by atoms with Gasteiger partial charge in [-0.05, 0) is 12.1 Å². The molecular formula is C10H8ClN3O. The van der Waals surface area contributed by atoms with Crippen LogP contribution in [0.3, 0.4) is 0 Å². The molecule has 5 heteroatoms. The molecule has 0 amide bonds. The van der Waals surface area contributed by atoms with Crippen LogP contribution in [-0.4, -0.2) is 11.5 Å². The van der Waals surface area contributed by atoms with Gasteiger partial charge >= 0.3 is 0 Å². The molecule has 1 aromatic carbocycles. The van der Waals surface area contributed by atoms with Crippen molar-refractivity contribution in [3.63, 3.8) is 0 Å². The van der Waals surface area contributed by atoms with Gasteiger partial charge in [0.15, 0.2) is 5.78 Å². The van der Waals surface area contributed by atoms with Crippen molar-refractivity contribution in [1.29, 1.82) is 5.26 Å². The highest BCUT2D eigenvalue weighted by molar-refractivity contribution is 6.45. The number of nitriles is 1. The number of nitrogens with one attached hydrogen (secondary N) is 1. The highest BCUT2D eigenvalue weighted by Gasteiger charge is 2.04. The Morgan fingerprint density at radius 2 is 2.20 bits per heavy atom. The normalized spacial score (nSPS) is 10.6. The average Bonchev–Trinajstić information content (AvgIpc) is 2.21. The van der Waals surface area contributed by atoms with E-state index < -0.39 is 5.78 Å². The van der Waals surface area contributed by atoms with Crippen LogP contribution in [0.5, 0.6) is 0 Å². The lowest BCUT2D eigenvalue weighted by atomic mass is 10.3. The van der Waals surface area contributed by atoms with Crippen molar-refractivity contribution in [2.45, 2.75) is 6.92 Å². The predicted molar refractivity (Wildman–Crippen MR) is 58.8 cm³/mol. The Bertz CT molecular complexity index is 448. The molecule has 0 aliphatic rings. The average molecular weight is 222 g/mol. The molecule has 0 unspecified atom stereocenters. The van der Waals surface area contributed by atoms with Gasteiger partial charge in [0.25, 0.3) is 0 Å². The minimum atomic E-state index is -0.392. The second kappa shape index (κ2) is 5.13. The summed E-state index contributed by atoms with van der Waals surface area (Å²) >= 11 is 5.83. The van der Waals surface area contributed by atoms with Gasteiger partial charge in [0.1, 0.15) is 6.07 Å². The zero-order valence-corrected chi connectivity index (χ0v) is 8.75. The molecule has 0 saturated carbocycles. The smallest absolute Gasteiger partial charge is 0.203 e. The lowest BCUT2D eigenvalue weighted by molar-refractivity contribution is -0.110. The Kier molecular flexibility index (Phi) is 3.83. The highest BCUT2D eigenvalue weighted by atomic mass is 35.5. The molecule has 0 aliphatic carbocycles. The first-order valence-electron chi connectivity index (χ1n) is 4.14. The number of anilines is 1. The maximum absolute atomic E-state index is 10.9. The van der Waals surface area contributed by atoms with Crippen molar-refractivity contribution in [3.8, 4) is 6.07 Å². The number of benzene rings is 1. The number of Topliss-reactive ketones (excluding diaryl/α,β-unsaturated/α-hetero) is 1. The fraction of sp³-hybridized carbons (Fsp3) is 0.100. The van der Waals surface area contributed by atoms with E-state index in [0.717, 1.165) is 0 Å². The molecule has 0 radical (unpaired) electrons. The Balaban J connectivity index is 2.85.